The van der Waals surface area contributed by atoms with Gasteiger partial charge in [0.25, 0.3) is 5.56 Å². The van der Waals surface area contributed by atoms with E-state index in [1.165, 1.54) is 29.7 Å². The molecule has 1 saturated carbocycles. The second kappa shape index (κ2) is 9.34. The summed E-state index contributed by atoms with van der Waals surface area (Å²) in [4.78, 5) is 20.7. The smallest absolute Gasteiger partial charge is 0.258 e. The Morgan fingerprint density at radius 2 is 1.79 bits per heavy atom. The van der Waals surface area contributed by atoms with E-state index in [1.807, 2.05) is 29.3 Å². The van der Waals surface area contributed by atoms with Crippen LogP contribution in [0.3, 0.4) is 0 Å². The third-order valence-corrected chi connectivity index (χ3v) is 8.17. The zero-order valence-corrected chi connectivity index (χ0v) is 20.3. The predicted octanol–water partition coefficient (Wildman–Crippen LogP) is 6.58. The fourth-order valence-electron chi connectivity index (χ4n) is 5.69. The Hall–Kier alpha value is -2.59. The molecule has 5 rings (SSSR count). The van der Waals surface area contributed by atoms with E-state index < -0.39 is 0 Å². The van der Waals surface area contributed by atoms with Gasteiger partial charge in [-0.1, -0.05) is 73.9 Å². The van der Waals surface area contributed by atoms with Crippen LogP contribution in [0, 0.1) is 0 Å². The van der Waals surface area contributed by atoms with E-state index in [1.54, 1.807) is 0 Å². The third kappa shape index (κ3) is 4.33. The van der Waals surface area contributed by atoms with Crippen LogP contribution in [-0.2, 0) is 24.8 Å². The molecular weight excluding hydrogens is 424 g/mol. The Kier molecular flexibility index (Phi) is 6.29. The van der Waals surface area contributed by atoms with Crippen molar-refractivity contribution in [2.24, 2.45) is 0 Å². The lowest BCUT2D eigenvalue weighted by molar-refractivity contribution is 0.283. The molecule has 3 aromatic rings. The van der Waals surface area contributed by atoms with Gasteiger partial charge in [0.05, 0.1) is 11.3 Å². The average molecular weight is 457 g/mol. The van der Waals surface area contributed by atoms with E-state index in [9.17, 15) is 4.79 Å². The van der Waals surface area contributed by atoms with Gasteiger partial charge in [0.1, 0.15) is 5.82 Å². The van der Waals surface area contributed by atoms with Crippen LogP contribution in [-0.4, -0.2) is 15.3 Å². The summed E-state index contributed by atoms with van der Waals surface area (Å²) in [5.41, 5.74) is 5.51. The fourth-order valence-corrected chi connectivity index (χ4v) is 6.56. The van der Waals surface area contributed by atoms with Crippen LogP contribution in [0.15, 0.2) is 76.4 Å². The highest BCUT2D eigenvalue weighted by molar-refractivity contribution is 7.99. The van der Waals surface area contributed by atoms with Crippen molar-refractivity contribution in [2.75, 3.05) is 5.75 Å². The predicted molar refractivity (Wildman–Crippen MR) is 138 cm³/mol. The monoisotopic (exact) mass is 456 g/mol. The van der Waals surface area contributed by atoms with Crippen molar-refractivity contribution in [1.29, 1.82) is 0 Å². The molecule has 2 aromatic carbocycles. The normalized spacial score (nSPS) is 16.3. The number of allylic oxidation sites excluding steroid dienone is 1. The lowest BCUT2D eigenvalue weighted by Gasteiger charge is -2.42. The van der Waals surface area contributed by atoms with Gasteiger partial charge in [-0.2, -0.15) is 0 Å². The molecule has 1 heterocycles. The van der Waals surface area contributed by atoms with Crippen molar-refractivity contribution in [3.63, 3.8) is 0 Å². The minimum absolute atomic E-state index is 0.0693. The van der Waals surface area contributed by atoms with Crippen LogP contribution >= 0.6 is 11.8 Å². The van der Waals surface area contributed by atoms with E-state index in [0.717, 1.165) is 59.7 Å². The summed E-state index contributed by atoms with van der Waals surface area (Å²) in [5.74, 6) is 1.77. The van der Waals surface area contributed by atoms with E-state index in [0.29, 0.717) is 6.54 Å². The first-order valence-corrected chi connectivity index (χ1v) is 13.1. The van der Waals surface area contributed by atoms with Gasteiger partial charge in [-0.25, -0.2) is 4.98 Å². The highest BCUT2D eigenvalue weighted by Gasteiger charge is 2.43. The Bertz CT molecular complexity index is 1220. The molecule has 3 nitrogen and oxygen atoms in total. The summed E-state index contributed by atoms with van der Waals surface area (Å²) in [6, 6.07) is 19.0. The number of benzene rings is 2. The van der Waals surface area contributed by atoms with Gasteiger partial charge >= 0.3 is 0 Å². The standard InChI is InChI=1S/C29H32N2OS/c1-21(2)20-31-25(15-18-33-23-12-5-3-6-13-23)30-27-24-14-8-7-11-22(24)19-29(26(27)28(31)32)16-9-4-10-17-29/h3,5-8,11-14H,1,4,9-10,15-20H2,2H3. The molecule has 1 fully saturated rings. The number of aryl methyl sites for hydroxylation is 1. The summed E-state index contributed by atoms with van der Waals surface area (Å²) in [6.07, 6.45) is 7.53. The molecule has 0 N–H and O–H groups in total. The van der Waals surface area contributed by atoms with E-state index in [-0.39, 0.29) is 11.0 Å². The quantitative estimate of drug-likeness (QED) is 0.310. The maximum absolute atomic E-state index is 14.2. The van der Waals surface area contributed by atoms with Gasteiger partial charge in [0.15, 0.2) is 0 Å². The summed E-state index contributed by atoms with van der Waals surface area (Å²) in [5, 5.41) is 0. The van der Waals surface area contributed by atoms with Crippen LogP contribution in [0.4, 0.5) is 0 Å². The summed E-state index contributed by atoms with van der Waals surface area (Å²) in [6.45, 7) is 6.66. The third-order valence-electron chi connectivity index (χ3n) is 7.16. The molecule has 4 heteroatoms. The van der Waals surface area contributed by atoms with E-state index in [4.69, 9.17) is 4.98 Å². The zero-order chi connectivity index (χ0) is 22.8. The first kappa shape index (κ1) is 22.2. The van der Waals surface area contributed by atoms with Crippen molar-refractivity contribution in [1.82, 2.24) is 9.55 Å². The summed E-state index contributed by atoms with van der Waals surface area (Å²) >= 11 is 1.82. The van der Waals surface area contributed by atoms with Crippen LogP contribution < -0.4 is 5.56 Å². The molecule has 0 radical (unpaired) electrons. The number of nitrogens with zero attached hydrogens (tertiary/aromatic N) is 2. The SMILES string of the molecule is C=C(C)Cn1c(CCSc2ccccc2)nc2c(c1=O)C1(CCCCC1)Cc1ccccc1-2. The van der Waals surface area contributed by atoms with Crippen LogP contribution in [0.2, 0.25) is 0 Å². The molecule has 33 heavy (non-hydrogen) atoms. The number of hydrogen-bond donors (Lipinski definition) is 0. The summed E-state index contributed by atoms with van der Waals surface area (Å²) in [7, 11) is 0. The molecule has 0 unspecified atom stereocenters. The van der Waals surface area contributed by atoms with Gasteiger partial charge < -0.3 is 0 Å². The Labute approximate surface area is 201 Å². The van der Waals surface area contributed by atoms with Crippen molar-refractivity contribution in [3.05, 3.63) is 94.1 Å². The molecule has 0 bridgehead atoms. The second-order valence-corrected chi connectivity index (χ2v) is 10.9. The molecule has 2 aliphatic rings. The largest absolute Gasteiger partial charge is 0.292 e. The molecule has 0 saturated heterocycles. The Balaban J connectivity index is 1.61. The van der Waals surface area contributed by atoms with Gasteiger partial charge in [0.2, 0.25) is 0 Å². The van der Waals surface area contributed by atoms with Crippen molar-refractivity contribution < 1.29 is 0 Å². The molecule has 1 spiro atoms. The first-order chi connectivity index (χ1) is 16.1. The van der Waals surface area contributed by atoms with E-state index in [2.05, 4.69) is 55.1 Å². The first-order valence-electron chi connectivity index (χ1n) is 12.1. The van der Waals surface area contributed by atoms with Gasteiger partial charge in [-0.15, -0.1) is 11.8 Å². The van der Waals surface area contributed by atoms with Crippen molar-refractivity contribution in [3.8, 4) is 11.3 Å². The van der Waals surface area contributed by atoms with Gasteiger partial charge in [-0.3, -0.25) is 9.36 Å². The maximum Gasteiger partial charge on any atom is 0.258 e. The lowest BCUT2D eigenvalue weighted by atomic mass is 9.62. The van der Waals surface area contributed by atoms with Crippen LogP contribution in [0.1, 0.15) is 56.0 Å². The maximum atomic E-state index is 14.2. The average Bonchev–Trinajstić information content (AvgIpc) is 2.82. The van der Waals surface area contributed by atoms with Gasteiger partial charge in [0, 0.05) is 34.6 Å². The molecule has 170 valence electrons. The Morgan fingerprint density at radius 3 is 2.55 bits per heavy atom. The second-order valence-electron chi connectivity index (χ2n) is 9.69. The minimum atomic E-state index is -0.0693. The minimum Gasteiger partial charge on any atom is -0.292 e. The Morgan fingerprint density at radius 1 is 1.06 bits per heavy atom. The molecular formula is C29H32N2OS. The molecule has 0 atom stereocenters. The van der Waals surface area contributed by atoms with Crippen molar-refractivity contribution >= 4 is 11.8 Å². The van der Waals surface area contributed by atoms with E-state index >= 15 is 0 Å². The highest BCUT2D eigenvalue weighted by atomic mass is 32.2. The number of fused-ring (bicyclic) bond motifs is 4. The van der Waals surface area contributed by atoms with Gasteiger partial charge in [-0.05, 0) is 43.9 Å². The number of rotatable bonds is 6. The van der Waals surface area contributed by atoms with Crippen LogP contribution in [0.5, 0.6) is 0 Å². The fraction of sp³-hybridized carbons (Fsp3) is 0.379. The van der Waals surface area contributed by atoms with Crippen LogP contribution in [0.25, 0.3) is 11.3 Å². The molecule has 0 amide bonds. The highest BCUT2D eigenvalue weighted by Crippen LogP contribution is 2.48. The molecule has 0 aliphatic heterocycles. The van der Waals surface area contributed by atoms with Crippen molar-refractivity contribution in [2.45, 2.75) is 68.7 Å². The number of thioether (sulfide) groups is 1. The number of hydrogen-bond acceptors (Lipinski definition) is 3. The zero-order valence-electron chi connectivity index (χ0n) is 19.5. The summed E-state index contributed by atoms with van der Waals surface area (Å²) < 4.78 is 1.93. The number of aromatic nitrogens is 2. The molecule has 2 aliphatic carbocycles. The lowest BCUT2D eigenvalue weighted by Crippen LogP contribution is -2.43. The topological polar surface area (TPSA) is 34.9 Å². The molecule has 1 aromatic heterocycles.